The van der Waals surface area contributed by atoms with Crippen LogP contribution in [0, 0.1) is 6.92 Å². The highest BCUT2D eigenvalue weighted by atomic mass is 35.5. The van der Waals surface area contributed by atoms with Crippen molar-refractivity contribution < 1.29 is 0 Å². The molecule has 0 fully saturated rings. The molecule has 2 N–H and O–H groups in total. The van der Waals surface area contributed by atoms with Crippen LogP contribution < -0.4 is 5.32 Å². The zero-order valence-electron chi connectivity index (χ0n) is 12.2. The van der Waals surface area contributed by atoms with Crippen LogP contribution in [0.1, 0.15) is 22.9 Å². The van der Waals surface area contributed by atoms with Gasteiger partial charge < -0.3 is 10.2 Å². The first-order chi connectivity index (χ1) is 9.59. The zero-order valence-corrected chi connectivity index (χ0v) is 12.9. The van der Waals surface area contributed by atoms with E-state index in [0.29, 0.717) is 0 Å². The van der Waals surface area contributed by atoms with E-state index in [1.165, 1.54) is 5.56 Å². The molecule has 2 rings (SSSR count). The van der Waals surface area contributed by atoms with Crippen LogP contribution in [-0.2, 0) is 6.54 Å². The number of aromatic amines is 1. The van der Waals surface area contributed by atoms with Crippen LogP contribution in [0.4, 0.5) is 0 Å². The number of H-pyrrole nitrogens is 1. The van der Waals surface area contributed by atoms with Gasteiger partial charge in [0.2, 0.25) is 0 Å². The largest absolute Gasteiger partial charge is 0.311 e. The average molecular weight is 293 g/mol. The van der Waals surface area contributed by atoms with Crippen molar-refractivity contribution in [3.8, 4) is 0 Å². The molecule has 20 heavy (non-hydrogen) atoms. The van der Waals surface area contributed by atoms with Crippen molar-refractivity contribution in [3.63, 3.8) is 0 Å². The average Bonchev–Trinajstić information content (AvgIpc) is 2.81. The monoisotopic (exact) mass is 292 g/mol. The molecular formula is C15H21ClN4. The summed E-state index contributed by atoms with van der Waals surface area (Å²) in [7, 11) is 4.14. The van der Waals surface area contributed by atoms with Gasteiger partial charge in [-0.15, -0.1) is 0 Å². The second-order valence-corrected chi connectivity index (χ2v) is 5.56. The molecule has 4 nitrogen and oxygen atoms in total. The molecule has 0 aliphatic rings. The standard InChI is InChI=1S/C15H21ClN4/c1-11-12(9-18-19-11)8-17-10-15(20(2)3)13-6-4-5-7-14(13)16/h4-7,9,15,17H,8,10H2,1-3H3,(H,18,19)/t15-/m0/s1. The van der Waals surface area contributed by atoms with Crippen LogP contribution >= 0.6 is 11.6 Å². The number of benzene rings is 1. The minimum absolute atomic E-state index is 0.246. The summed E-state index contributed by atoms with van der Waals surface area (Å²) >= 11 is 6.30. The van der Waals surface area contributed by atoms with E-state index in [2.05, 4.69) is 40.6 Å². The van der Waals surface area contributed by atoms with Crippen LogP contribution in [0.5, 0.6) is 0 Å². The lowest BCUT2D eigenvalue weighted by molar-refractivity contribution is 0.288. The van der Waals surface area contributed by atoms with Crippen molar-refractivity contribution in [2.24, 2.45) is 0 Å². The predicted molar refractivity (Wildman–Crippen MR) is 82.9 cm³/mol. The summed E-state index contributed by atoms with van der Waals surface area (Å²) in [6, 6.07) is 8.25. The van der Waals surface area contributed by atoms with Crippen molar-refractivity contribution in [3.05, 3.63) is 52.3 Å². The number of hydrogen-bond acceptors (Lipinski definition) is 3. The van der Waals surface area contributed by atoms with Gasteiger partial charge >= 0.3 is 0 Å². The number of aromatic nitrogens is 2. The molecular weight excluding hydrogens is 272 g/mol. The summed E-state index contributed by atoms with van der Waals surface area (Å²) in [6.07, 6.45) is 1.86. The van der Waals surface area contributed by atoms with Gasteiger partial charge in [-0.05, 0) is 32.6 Å². The summed E-state index contributed by atoms with van der Waals surface area (Å²) in [5.74, 6) is 0. The lowest BCUT2D eigenvalue weighted by Crippen LogP contribution is -2.31. The summed E-state index contributed by atoms with van der Waals surface area (Å²) in [6.45, 7) is 3.67. The summed E-state index contributed by atoms with van der Waals surface area (Å²) in [4.78, 5) is 2.18. The maximum absolute atomic E-state index is 6.30. The topological polar surface area (TPSA) is 44.0 Å². The van der Waals surface area contributed by atoms with Crippen LogP contribution in [0.3, 0.4) is 0 Å². The Kier molecular flexibility index (Phi) is 5.17. The molecule has 0 unspecified atom stereocenters. The first kappa shape index (κ1) is 15.0. The number of hydrogen-bond donors (Lipinski definition) is 2. The van der Waals surface area contributed by atoms with E-state index in [4.69, 9.17) is 11.6 Å². The molecule has 1 heterocycles. The molecule has 2 aromatic rings. The summed E-state index contributed by atoms with van der Waals surface area (Å²) in [5, 5.41) is 11.3. The molecule has 0 saturated carbocycles. The fourth-order valence-corrected chi connectivity index (χ4v) is 2.48. The summed E-state index contributed by atoms with van der Waals surface area (Å²) in [5.41, 5.74) is 3.45. The Morgan fingerprint density at radius 2 is 2.10 bits per heavy atom. The Morgan fingerprint density at radius 3 is 2.70 bits per heavy atom. The van der Waals surface area contributed by atoms with Gasteiger partial charge in [-0.1, -0.05) is 29.8 Å². The van der Waals surface area contributed by atoms with Gasteiger partial charge in [0.25, 0.3) is 0 Å². The van der Waals surface area contributed by atoms with Crippen molar-refractivity contribution in [1.29, 1.82) is 0 Å². The third-order valence-corrected chi connectivity index (χ3v) is 3.82. The molecule has 0 spiro atoms. The van der Waals surface area contributed by atoms with Crippen molar-refractivity contribution in [2.75, 3.05) is 20.6 Å². The molecule has 0 saturated heterocycles. The normalized spacial score (nSPS) is 12.8. The molecule has 0 aliphatic heterocycles. The van der Waals surface area contributed by atoms with Gasteiger partial charge in [-0.2, -0.15) is 5.10 Å². The Bertz CT molecular complexity index is 550. The smallest absolute Gasteiger partial charge is 0.0535 e. The van der Waals surface area contributed by atoms with Crippen molar-refractivity contribution in [2.45, 2.75) is 19.5 Å². The van der Waals surface area contributed by atoms with E-state index in [1.807, 2.05) is 31.3 Å². The van der Waals surface area contributed by atoms with Crippen LogP contribution in [0.25, 0.3) is 0 Å². The number of halogens is 1. The Balaban J connectivity index is 2.00. The van der Waals surface area contributed by atoms with E-state index < -0.39 is 0 Å². The minimum atomic E-state index is 0.246. The van der Waals surface area contributed by atoms with Gasteiger partial charge in [-0.3, -0.25) is 5.10 Å². The van der Waals surface area contributed by atoms with Crippen LogP contribution in [-0.4, -0.2) is 35.7 Å². The van der Waals surface area contributed by atoms with Crippen LogP contribution in [0.15, 0.2) is 30.5 Å². The molecule has 5 heteroatoms. The van der Waals surface area contributed by atoms with Crippen molar-refractivity contribution in [1.82, 2.24) is 20.4 Å². The maximum atomic E-state index is 6.30. The van der Waals surface area contributed by atoms with Crippen molar-refractivity contribution >= 4 is 11.6 Å². The third-order valence-electron chi connectivity index (χ3n) is 3.48. The lowest BCUT2D eigenvalue weighted by atomic mass is 10.1. The molecule has 1 atom stereocenters. The van der Waals surface area contributed by atoms with E-state index in [9.17, 15) is 0 Å². The number of nitrogens with zero attached hydrogens (tertiary/aromatic N) is 2. The number of likely N-dealkylation sites (N-methyl/N-ethyl adjacent to an activating group) is 1. The van der Waals surface area contributed by atoms with E-state index in [1.54, 1.807) is 0 Å². The van der Waals surface area contributed by atoms with E-state index >= 15 is 0 Å². The first-order valence-corrected chi connectivity index (χ1v) is 7.07. The summed E-state index contributed by atoms with van der Waals surface area (Å²) < 4.78 is 0. The molecule has 0 amide bonds. The highest BCUT2D eigenvalue weighted by molar-refractivity contribution is 6.31. The Labute approximate surface area is 125 Å². The zero-order chi connectivity index (χ0) is 14.5. The van der Waals surface area contributed by atoms with Gasteiger partial charge in [0.1, 0.15) is 0 Å². The molecule has 0 radical (unpaired) electrons. The quantitative estimate of drug-likeness (QED) is 0.860. The van der Waals surface area contributed by atoms with E-state index in [-0.39, 0.29) is 6.04 Å². The molecule has 108 valence electrons. The van der Waals surface area contributed by atoms with Gasteiger partial charge in [0.05, 0.1) is 6.20 Å². The Morgan fingerprint density at radius 1 is 1.35 bits per heavy atom. The molecule has 0 aliphatic carbocycles. The van der Waals surface area contributed by atoms with Gasteiger partial charge in [0, 0.05) is 35.4 Å². The fraction of sp³-hybridized carbons (Fsp3) is 0.400. The maximum Gasteiger partial charge on any atom is 0.0535 e. The third kappa shape index (κ3) is 3.60. The first-order valence-electron chi connectivity index (χ1n) is 6.70. The molecule has 0 bridgehead atoms. The molecule has 1 aromatic carbocycles. The lowest BCUT2D eigenvalue weighted by Gasteiger charge is -2.26. The Hall–Kier alpha value is -1.36. The minimum Gasteiger partial charge on any atom is -0.311 e. The number of aryl methyl sites for hydroxylation is 1. The second-order valence-electron chi connectivity index (χ2n) is 5.15. The highest BCUT2D eigenvalue weighted by Crippen LogP contribution is 2.25. The number of rotatable bonds is 6. The second kappa shape index (κ2) is 6.88. The van der Waals surface area contributed by atoms with Gasteiger partial charge in [0.15, 0.2) is 0 Å². The SMILES string of the molecule is Cc1[nH]ncc1CNC[C@@H](c1ccccc1Cl)N(C)C. The van der Waals surface area contributed by atoms with E-state index in [0.717, 1.165) is 29.4 Å². The predicted octanol–water partition coefficient (Wildman–Crippen LogP) is 2.76. The highest BCUT2D eigenvalue weighted by Gasteiger charge is 2.16. The number of nitrogens with one attached hydrogen (secondary N) is 2. The van der Waals surface area contributed by atoms with Crippen LogP contribution in [0.2, 0.25) is 5.02 Å². The van der Waals surface area contributed by atoms with Gasteiger partial charge in [-0.25, -0.2) is 0 Å². The fourth-order valence-electron chi connectivity index (χ4n) is 2.21. The molecule has 1 aromatic heterocycles.